The van der Waals surface area contributed by atoms with Crippen molar-refractivity contribution in [1.29, 1.82) is 0 Å². The van der Waals surface area contributed by atoms with Crippen LogP contribution >= 0.6 is 11.6 Å². The molecule has 5 N–H and O–H groups in total. The summed E-state index contributed by atoms with van der Waals surface area (Å²) in [5, 5.41) is -0.0243. The number of anilines is 1. The topological polar surface area (TPSA) is 130 Å². The number of aromatic nitrogens is 2. The van der Waals surface area contributed by atoms with Gasteiger partial charge in [-0.25, -0.2) is 4.98 Å². The van der Waals surface area contributed by atoms with Crippen LogP contribution in [0.25, 0.3) is 0 Å². The number of nitrogens with zero attached hydrogens (tertiary/aromatic N) is 3. The van der Waals surface area contributed by atoms with Crippen molar-refractivity contribution >= 4 is 29.3 Å². The van der Waals surface area contributed by atoms with Crippen LogP contribution in [0.3, 0.4) is 0 Å². The number of carbonyl (C=O) groups excluding carboxylic acids is 1. The number of hydrogen-bond donors (Lipinski definition) is 3. The first kappa shape index (κ1) is 13.0. The summed E-state index contributed by atoms with van der Waals surface area (Å²) in [6.45, 7) is 0. The number of nitrogens with two attached hydrogens (primary N) is 2. The summed E-state index contributed by atoms with van der Waals surface area (Å²) in [5.74, 6) is -1.11. The summed E-state index contributed by atoms with van der Waals surface area (Å²) in [7, 11) is 3.33. The Morgan fingerprint density at radius 2 is 2.06 bits per heavy atom. The Balaban J connectivity index is 3.31. The zero-order valence-corrected chi connectivity index (χ0v) is 9.95. The van der Waals surface area contributed by atoms with Crippen molar-refractivity contribution in [2.24, 2.45) is 16.5 Å². The van der Waals surface area contributed by atoms with Crippen LogP contribution in [0.2, 0.25) is 5.15 Å². The fourth-order valence-corrected chi connectivity index (χ4v) is 1.33. The van der Waals surface area contributed by atoms with Gasteiger partial charge in [0.05, 0.1) is 0 Å². The van der Waals surface area contributed by atoms with E-state index in [0.29, 0.717) is 0 Å². The number of hydrogen-bond acceptors (Lipinski definition) is 4. The fourth-order valence-electron chi connectivity index (χ4n) is 1.03. The lowest BCUT2D eigenvalue weighted by molar-refractivity contribution is 0.0996. The number of H-pyrrole nitrogens is 1. The standard InChI is InChI=1S/C8H11ClN6O2/c1-15(2)5-4(9)12-3(6(16)13-5)7(17)14-8(10)11/h1-2H3,(H,13,16)(H4,10,11,14,17). The molecule has 0 saturated carbocycles. The highest BCUT2D eigenvalue weighted by atomic mass is 35.5. The average Bonchev–Trinajstić information content (AvgIpc) is 2.19. The number of halogens is 1. The Kier molecular flexibility index (Phi) is 3.69. The molecule has 0 saturated heterocycles. The summed E-state index contributed by atoms with van der Waals surface area (Å²) in [6.07, 6.45) is 0. The molecule has 9 heteroatoms. The first-order valence-electron chi connectivity index (χ1n) is 4.44. The van der Waals surface area contributed by atoms with Gasteiger partial charge in [0.15, 0.2) is 16.8 Å². The van der Waals surface area contributed by atoms with Crippen molar-refractivity contribution in [3.05, 3.63) is 21.2 Å². The van der Waals surface area contributed by atoms with Gasteiger partial charge in [-0.05, 0) is 0 Å². The zero-order valence-electron chi connectivity index (χ0n) is 9.19. The van der Waals surface area contributed by atoms with Crippen LogP contribution in [0.15, 0.2) is 9.79 Å². The van der Waals surface area contributed by atoms with Crippen molar-refractivity contribution in [2.45, 2.75) is 0 Å². The SMILES string of the molecule is CN(C)c1[nH]c(=O)c(C(=O)N=C(N)N)nc1Cl. The van der Waals surface area contributed by atoms with E-state index in [1.807, 2.05) is 0 Å². The van der Waals surface area contributed by atoms with Crippen molar-refractivity contribution in [2.75, 3.05) is 19.0 Å². The third-order valence-electron chi connectivity index (χ3n) is 1.73. The first-order chi connectivity index (χ1) is 7.82. The molecule has 0 unspecified atom stereocenters. The quantitative estimate of drug-likeness (QED) is 0.456. The molecule has 92 valence electrons. The second kappa shape index (κ2) is 4.83. The van der Waals surface area contributed by atoms with E-state index in [4.69, 9.17) is 23.1 Å². The normalized spacial score (nSPS) is 9.82. The number of carbonyl (C=O) groups is 1. The lowest BCUT2D eigenvalue weighted by atomic mass is 10.4. The molecule has 1 aromatic heterocycles. The van der Waals surface area contributed by atoms with Crippen LogP contribution in [-0.4, -0.2) is 35.9 Å². The molecule has 8 nitrogen and oxygen atoms in total. The van der Waals surface area contributed by atoms with E-state index in [0.717, 1.165) is 0 Å². The predicted octanol–water partition coefficient (Wildman–Crippen LogP) is -1.10. The summed E-state index contributed by atoms with van der Waals surface area (Å²) in [6, 6.07) is 0. The highest BCUT2D eigenvalue weighted by Gasteiger charge is 2.16. The van der Waals surface area contributed by atoms with E-state index in [-0.39, 0.29) is 11.0 Å². The molecule has 0 bridgehead atoms. The van der Waals surface area contributed by atoms with Crippen molar-refractivity contribution in [3.63, 3.8) is 0 Å². The Morgan fingerprint density at radius 3 is 2.53 bits per heavy atom. The van der Waals surface area contributed by atoms with E-state index in [9.17, 15) is 9.59 Å². The smallest absolute Gasteiger partial charge is 0.304 e. The number of amides is 1. The molecule has 1 rings (SSSR count). The summed E-state index contributed by atoms with van der Waals surface area (Å²) in [4.78, 5) is 33.8. The minimum absolute atomic E-state index is 0.0243. The Morgan fingerprint density at radius 1 is 1.47 bits per heavy atom. The molecule has 0 aromatic carbocycles. The van der Waals surface area contributed by atoms with E-state index < -0.39 is 23.1 Å². The first-order valence-corrected chi connectivity index (χ1v) is 4.82. The maximum Gasteiger partial charge on any atom is 0.304 e. The monoisotopic (exact) mass is 258 g/mol. The van der Waals surface area contributed by atoms with Crippen LogP contribution in [0.4, 0.5) is 5.82 Å². The number of guanidine groups is 1. The summed E-state index contributed by atoms with van der Waals surface area (Å²) in [5.41, 5.74) is 8.87. The van der Waals surface area contributed by atoms with Crippen LogP contribution in [-0.2, 0) is 0 Å². The van der Waals surface area contributed by atoms with Crippen LogP contribution < -0.4 is 21.9 Å². The van der Waals surface area contributed by atoms with Crippen LogP contribution in [0.5, 0.6) is 0 Å². The molecule has 0 aliphatic rings. The van der Waals surface area contributed by atoms with E-state index >= 15 is 0 Å². The third kappa shape index (κ3) is 2.94. The number of aromatic amines is 1. The molecule has 0 radical (unpaired) electrons. The molecule has 0 spiro atoms. The van der Waals surface area contributed by atoms with E-state index in [1.165, 1.54) is 0 Å². The Bertz CT molecular complexity index is 531. The molecule has 1 heterocycles. The lowest BCUT2D eigenvalue weighted by Crippen LogP contribution is -2.28. The predicted molar refractivity (Wildman–Crippen MR) is 64.3 cm³/mol. The van der Waals surface area contributed by atoms with E-state index in [1.54, 1.807) is 19.0 Å². The van der Waals surface area contributed by atoms with Crippen molar-refractivity contribution in [1.82, 2.24) is 9.97 Å². The fraction of sp³-hybridized carbons (Fsp3) is 0.250. The van der Waals surface area contributed by atoms with Crippen LogP contribution in [0.1, 0.15) is 10.5 Å². The number of aliphatic imine (C=N–C) groups is 1. The second-order valence-electron chi connectivity index (χ2n) is 3.29. The Labute approximate surface area is 101 Å². The molecule has 0 atom stereocenters. The van der Waals surface area contributed by atoms with Gasteiger partial charge in [-0.15, -0.1) is 0 Å². The molecule has 17 heavy (non-hydrogen) atoms. The van der Waals surface area contributed by atoms with Crippen LogP contribution in [0, 0.1) is 0 Å². The van der Waals surface area contributed by atoms with Gasteiger partial charge in [-0.3, -0.25) is 9.59 Å². The van der Waals surface area contributed by atoms with Gasteiger partial charge in [-0.2, -0.15) is 4.99 Å². The van der Waals surface area contributed by atoms with E-state index in [2.05, 4.69) is 15.0 Å². The second-order valence-corrected chi connectivity index (χ2v) is 3.65. The van der Waals surface area contributed by atoms with Crippen molar-refractivity contribution in [3.8, 4) is 0 Å². The van der Waals surface area contributed by atoms with Gasteiger partial charge < -0.3 is 21.4 Å². The van der Waals surface area contributed by atoms with Gasteiger partial charge in [0.25, 0.3) is 5.56 Å². The number of nitrogens with one attached hydrogen (secondary N) is 1. The van der Waals surface area contributed by atoms with Gasteiger partial charge >= 0.3 is 5.91 Å². The largest absolute Gasteiger partial charge is 0.370 e. The zero-order chi connectivity index (χ0) is 13.2. The highest BCUT2D eigenvalue weighted by Crippen LogP contribution is 2.16. The van der Waals surface area contributed by atoms with Gasteiger partial charge in [-0.1, -0.05) is 11.6 Å². The van der Waals surface area contributed by atoms with Gasteiger partial charge in [0.2, 0.25) is 0 Å². The summed E-state index contributed by atoms with van der Waals surface area (Å²) < 4.78 is 0. The molecule has 0 aliphatic carbocycles. The minimum Gasteiger partial charge on any atom is -0.370 e. The number of rotatable bonds is 2. The van der Waals surface area contributed by atoms with Gasteiger partial charge in [0.1, 0.15) is 5.82 Å². The summed E-state index contributed by atoms with van der Waals surface area (Å²) >= 11 is 5.79. The molecule has 1 amide bonds. The molecule has 0 aliphatic heterocycles. The molecule has 0 fully saturated rings. The lowest BCUT2D eigenvalue weighted by Gasteiger charge is -2.12. The Hall–Kier alpha value is -2.09. The minimum atomic E-state index is -0.946. The average molecular weight is 259 g/mol. The molecular formula is C8H11ClN6O2. The van der Waals surface area contributed by atoms with Gasteiger partial charge in [0, 0.05) is 14.1 Å². The third-order valence-corrected chi connectivity index (χ3v) is 2.00. The highest BCUT2D eigenvalue weighted by molar-refractivity contribution is 6.31. The molecular weight excluding hydrogens is 248 g/mol. The maximum absolute atomic E-state index is 11.5. The molecule has 1 aromatic rings. The maximum atomic E-state index is 11.5. The van der Waals surface area contributed by atoms with Crippen molar-refractivity contribution < 1.29 is 4.79 Å².